The Morgan fingerprint density at radius 3 is 2.43 bits per heavy atom. The highest BCUT2D eigenvalue weighted by atomic mass is 19.2. The zero-order valence-corrected chi connectivity index (χ0v) is 18.7. The van der Waals surface area contributed by atoms with Gasteiger partial charge in [0, 0.05) is 43.6 Å². The number of hydrogen-bond donors (Lipinski definition) is 2. The Bertz CT molecular complexity index is 1180. The van der Waals surface area contributed by atoms with E-state index in [1.165, 1.54) is 9.80 Å². The van der Waals surface area contributed by atoms with Crippen LogP contribution >= 0.6 is 0 Å². The van der Waals surface area contributed by atoms with E-state index in [4.69, 9.17) is 0 Å². The lowest BCUT2D eigenvalue weighted by Gasteiger charge is -2.35. The predicted molar refractivity (Wildman–Crippen MR) is 115 cm³/mol. The van der Waals surface area contributed by atoms with Gasteiger partial charge < -0.3 is 20.2 Å². The third kappa shape index (κ3) is 3.99. The molecule has 0 spiro atoms. The van der Waals surface area contributed by atoms with Crippen molar-refractivity contribution in [3.8, 4) is 0 Å². The van der Waals surface area contributed by atoms with Crippen molar-refractivity contribution < 1.29 is 32.7 Å². The molecular weight excluding hydrogens is 469 g/mol. The molecule has 0 bridgehead atoms. The second-order valence-corrected chi connectivity index (χ2v) is 9.00. The van der Waals surface area contributed by atoms with Gasteiger partial charge in [0.05, 0.1) is 42.8 Å². The number of urea groups is 1. The monoisotopic (exact) mass is 492 g/mol. The minimum absolute atomic E-state index is 0.0734. The van der Waals surface area contributed by atoms with Crippen molar-refractivity contribution in [3.05, 3.63) is 41.5 Å². The van der Waals surface area contributed by atoms with Crippen molar-refractivity contribution in [2.24, 2.45) is 0 Å². The molecule has 3 atom stereocenters. The van der Waals surface area contributed by atoms with Gasteiger partial charge in [-0.2, -0.15) is 5.10 Å². The second kappa shape index (κ2) is 8.56. The van der Waals surface area contributed by atoms with Crippen LogP contribution in [0.25, 0.3) is 0 Å². The summed E-state index contributed by atoms with van der Waals surface area (Å²) in [5.41, 5.74) is 0.951. The van der Waals surface area contributed by atoms with E-state index in [2.05, 4.69) is 10.4 Å². The van der Waals surface area contributed by atoms with Crippen molar-refractivity contribution in [2.45, 2.75) is 57.6 Å². The number of aliphatic hydroxyl groups is 1. The Morgan fingerprint density at radius 2 is 1.77 bits per heavy atom. The van der Waals surface area contributed by atoms with Crippen molar-refractivity contribution in [3.63, 3.8) is 0 Å². The normalized spacial score (nSPS) is 24.4. The number of aliphatic hydroxyl groups excluding tert-OH is 1. The second-order valence-electron chi connectivity index (χ2n) is 9.00. The molecule has 2 unspecified atom stereocenters. The number of carbonyl (C=O) groups is 3. The van der Waals surface area contributed by atoms with Crippen LogP contribution in [-0.4, -0.2) is 67.4 Å². The third-order valence-corrected chi connectivity index (χ3v) is 6.73. The van der Waals surface area contributed by atoms with E-state index >= 15 is 0 Å². The van der Waals surface area contributed by atoms with E-state index in [1.807, 2.05) is 0 Å². The van der Waals surface area contributed by atoms with Crippen LogP contribution in [0.5, 0.6) is 0 Å². The van der Waals surface area contributed by atoms with Gasteiger partial charge in [-0.1, -0.05) is 0 Å². The molecule has 0 aliphatic carbocycles. The first-order valence-electron chi connectivity index (χ1n) is 11.2. The van der Waals surface area contributed by atoms with Gasteiger partial charge in [0.1, 0.15) is 6.23 Å². The zero-order chi connectivity index (χ0) is 25.0. The van der Waals surface area contributed by atoms with Crippen LogP contribution in [0, 0.1) is 17.5 Å². The van der Waals surface area contributed by atoms with Crippen LogP contribution in [0.15, 0.2) is 18.3 Å². The minimum Gasteiger partial charge on any atom is -0.374 e. The number of fused-ring (bicyclic) bond motifs is 1. The first-order chi connectivity index (χ1) is 16.6. The maximum Gasteiger partial charge on any atom is 0.322 e. The Kier molecular flexibility index (Phi) is 5.66. The van der Waals surface area contributed by atoms with Crippen molar-refractivity contribution in [1.29, 1.82) is 0 Å². The van der Waals surface area contributed by atoms with E-state index in [1.54, 1.807) is 22.7 Å². The minimum atomic E-state index is -1.62. The summed E-state index contributed by atoms with van der Waals surface area (Å²) < 4.78 is 42.0. The van der Waals surface area contributed by atoms with Crippen LogP contribution in [0.2, 0.25) is 0 Å². The fourth-order valence-electron chi connectivity index (χ4n) is 4.96. The summed E-state index contributed by atoms with van der Waals surface area (Å²) in [6.07, 6.45) is 1.14. The molecule has 2 aromatic rings. The van der Waals surface area contributed by atoms with Crippen molar-refractivity contribution in [1.82, 2.24) is 19.6 Å². The fraction of sp³-hybridized carbons (Fsp3) is 0.455. The fourth-order valence-corrected chi connectivity index (χ4v) is 4.96. The lowest BCUT2D eigenvalue weighted by molar-refractivity contribution is -0.140. The van der Waals surface area contributed by atoms with Crippen molar-refractivity contribution in [2.75, 3.05) is 16.8 Å². The summed E-state index contributed by atoms with van der Waals surface area (Å²) in [7, 11) is 0. The maximum atomic E-state index is 13.6. The van der Waals surface area contributed by atoms with Gasteiger partial charge in [-0.3, -0.25) is 19.2 Å². The summed E-state index contributed by atoms with van der Waals surface area (Å²) in [6, 6.07) is -0.0472. The number of nitrogens with zero attached hydrogens (tertiary/aromatic N) is 5. The Balaban J connectivity index is 1.34. The number of carbonyl (C=O) groups excluding carboxylic acids is 3. The smallest absolute Gasteiger partial charge is 0.322 e. The molecule has 0 radical (unpaired) electrons. The molecule has 0 saturated carbocycles. The summed E-state index contributed by atoms with van der Waals surface area (Å²) in [6.45, 7) is 2.41. The standard InChI is InChI=1S/C22H23F3N6O4/c1-11-8-30-17(10-28(11)22(35)27-12-4-14(23)21(25)15(24)5-12)16(7-26-30)29-9-13(6-20(29)34)31-18(32)2-3-19(31)33/h4-5,7,11,13,20,34H,2-3,6,8-10H2,1H3,(H,27,35)/t11-,13?,20?/m0/s1. The molecule has 35 heavy (non-hydrogen) atoms. The zero-order valence-electron chi connectivity index (χ0n) is 18.7. The Morgan fingerprint density at radius 1 is 1.11 bits per heavy atom. The summed E-state index contributed by atoms with van der Waals surface area (Å²) in [4.78, 5) is 41.5. The number of anilines is 2. The number of amides is 4. The molecule has 5 rings (SSSR count). The molecule has 3 aliphatic rings. The Hall–Kier alpha value is -3.61. The SMILES string of the molecule is C[C@H]1Cn2ncc(N3CC(N4C(=O)CCC4=O)CC3O)c2CN1C(=O)Nc1cc(F)c(F)c(F)c1. The first-order valence-corrected chi connectivity index (χ1v) is 11.2. The van der Waals surface area contributed by atoms with E-state index in [0.717, 1.165) is 0 Å². The van der Waals surface area contributed by atoms with Gasteiger partial charge in [0.25, 0.3) is 0 Å². The number of likely N-dealkylation sites (tertiary alicyclic amines) is 1. The first kappa shape index (κ1) is 23.1. The summed E-state index contributed by atoms with van der Waals surface area (Å²) >= 11 is 0. The van der Waals surface area contributed by atoms with E-state index in [0.29, 0.717) is 30.1 Å². The van der Waals surface area contributed by atoms with E-state index in [9.17, 15) is 32.7 Å². The van der Waals surface area contributed by atoms with Crippen LogP contribution in [0.1, 0.15) is 31.9 Å². The molecule has 4 heterocycles. The van der Waals surface area contributed by atoms with Gasteiger partial charge in [0.2, 0.25) is 11.8 Å². The average molecular weight is 492 g/mol. The lowest BCUT2D eigenvalue weighted by Crippen LogP contribution is -2.47. The number of hydrogen-bond acceptors (Lipinski definition) is 6. The molecule has 4 amide bonds. The topological polar surface area (TPSA) is 111 Å². The van der Waals surface area contributed by atoms with E-state index in [-0.39, 0.29) is 55.9 Å². The van der Waals surface area contributed by atoms with Gasteiger partial charge in [-0.25, -0.2) is 18.0 Å². The predicted octanol–water partition coefficient (Wildman–Crippen LogP) is 1.78. The molecule has 13 heteroatoms. The molecule has 3 aliphatic heterocycles. The molecule has 1 aromatic heterocycles. The highest BCUT2D eigenvalue weighted by Crippen LogP contribution is 2.34. The Labute approximate surface area is 197 Å². The number of imide groups is 1. The third-order valence-electron chi connectivity index (χ3n) is 6.73. The van der Waals surface area contributed by atoms with Crippen LogP contribution in [0.4, 0.5) is 29.3 Å². The molecule has 2 fully saturated rings. The van der Waals surface area contributed by atoms with Gasteiger partial charge >= 0.3 is 6.03 Å². The molecule has 10 nitrogen and oxygen atoms in total. The highest BCUT2D eigenvalue weighted by molar-refractivity contribution is 6.02. The van der Waals surface area contributed by atoms with Crippen LogP contribution < -0.4 is 10.2 Å². The molecule has 2 saturated heterocycles. The average Bonchev–Trinajstić information content (AvgIpc) is 3.47. The number of halogens is 3. The molecule has 2 N–H and O–H groups in total. The number of rotatable bonds is 3. The molecule has 1 aromatic carbocycles. The van der Waals surface area contributed by atoms with Crippen LogP contribution in [-0.2, 0) is 22.7 Å². The van der Waals surface area contributed by atoms with Gasteiger partial charge in [-0.15, -0.1) is 0 Å². The van der Waals surface area contributed by atoms with Crippen LogP contribution in [0.3, 0.4) is 0 Å². The summed E-state index contributed by atoms with van der Waals surface area (Å²) in [5.74, 6) is -4.96. The molecule has 186 valence electrons. The highest BCUT2D eigenvalue weighted by Gasteiger charge is 2.43. The summed E-state index contributed by atoms with van der Waals surface area (Å²) in [5, 5.41) is 17.5. The van der Waals surface area contributed by atoms with Crippen molar-refractivity contribution >= 4 is 29.2 Å². The molecular formula is C22H23F3N6O4. The number of benzene rings is 1. The quantitative estimate of drug-likeness (QED) is 0.499. The lowest BCUT2D eigenvalue weighted by atomic mass is 10.2. The maximum absolute atomic E-state index is 13.6. The number of nitrogens with one attached hydrogen (secondary N) is 1. The van der Waals surface area contributed by atoms with Gasteiger partial charge in [-0.05, 0) is 6.92 Å². The largest absolute Gasteiger partial charge is 0.374 e. The van der Waals surface area contributed by atoms with E-state index < -0.39 is 35.8 Å². The van der Waals surface area contributed by atoms with Gasteiger partial charge in [0.15, 0.2) is 17.5 Å². The number of aromatic nitrogens is 2.